The van der Waals surface area contributed by atoms with Crippen LogP contribution in [0.5, 0.6) is 0 Å². The molecule has 1 aliphatic heterocycles. The van der Waals surface area contributed by atoms with Crippen LogP contribution in [0.3, 0.4) is 0 Å². The normalized spacial score (nSPS) is 20.0. The van der Waals surface area contributed by atoms with Gasteiger partial charge in [-0.3, -0.25) is 15.6 Å². The molecular formula is C13H21N5O. The Balaban J connectivity index is 1.89. The number of hydrazine groups is 1. The van der Waals surface area contributed by atoms with Crippen molar-refractivity contribution in [1.29, 1.82) is 0 Å². The number of rotatable bonds is 4. The fraction of sp³-hybridized carbons (Fsp3) is 0.538. The lowest BCUT2D eigenvalue weighted by Gasteiger charge is -2.32. The highest BCUT2D eigenvalue weighted by molar-refractivity contribution is 5.93. The number of carbonyl (C=O) groups is 1. The number of likely N-dealkylation sites (N-methyl/N-ethyl adjacent to an activating group) is 1. The summed E-state index contributed by atoms with van der Waals surface area (Å²) in [7, 11) is 2.10. The highest BCUT2D eigenvalue weighted by atomic mass is 16.1. The van der Waals surface area contributed by atoms with Gasteiger partial charge in [0.1, 0.15) is 5.69 Å². The van der Waals surface area contributed by atoms with Gasteiger partial charge in [-0.2, -0.15) is 0 Å². The van der Waals surface area contributed by atoms with E-state index in [4.69, 9.17) is 5.84 Å². The van der Waals surface area contributed by atoms with E-state index in [9.17, 15) is 4.79 Å². The summed E-state index contributed by atoms with van der Waals surface area (Å²) in [5.41, 5.74) is 3.57. The number of hydrogen-bond acceptors (Lipinski definition) is 5. The van der Waals surface area contributed by atoms with Gasteiger partial charge in [-0.15, -0.1) is 0 Å². The average molecular weight is 263 g/mol. The van der Waals surface area contributed by atoms with Crippen LogP contribution < -0.4 is 16.6 Å². The molecule has 1 atom stereocenters. The second-order valence-electron chi connectivity index (χ2n) is 4.91. The monoisotopic (exact) mass is 263 g/mol. The Bertz CT molecular complexity index is 437. The molecule has 6 heteroatoms. The van der Waals surface area contributed by atoms with Gasteiger partial charge in [0.05, 0.1) is 5.69 Å². The molecule has 2 rings (SSSR count). The maximum absolute atomic E-state index is 12.0. The number of nitrogens with one attached hydrogen (secondary N) is 2. The third-order valence-electron chi connectivity index (χ3n) is 3.58. The van der Waals surface area contributed by atoms with Gasteiger partial charge in [0.2, 0.25) is 0 Å². The number of nitrogen functional groups attached to an aromatic ring is 1. The van der Waals surface area contributed by atoms with E-state index >= 15 is 0 Å². The molecule has 2 heterocycles. The third-order valence-corrected chi connectivity index (χ3v) is 3.58. The largest absolute Gasteiger partial charge is 0.349 e. The van der Waals surface area contributed by atoms with Gasteiger partial charge in [0.15, 0.2) is 0 Å². The molecule has 0 aliphatic carbocycles. The summed E-state index contributed by atoms with van der Waals surface area (Å²) < 4.78 is 0. The van der Waals surface area contributed by atoms with Gasteiger partial charge in [-0.05, 0) is 38.6 Å². The van der Waals surface area contributed by atoms with E-state index in [-0.39, 0.29) is 5.91 Å². The van der Waals surface area contributed by atoms with Crippen molar-refractivity contribution in [2.24, 2.45) is 5.84 Å². The van der Waals surface area contributed by atoms with Crippen LogP contribution in [0.2, 0.25) is 0 Å². The number of hydrogen-bond donors (Lipinski definition) is 3. The Morgan fingerprint density at radius 2 is 2.42 bits per heavy atom. The zero-order valence-corrected chi connectivity index (χ0v) is 11.2. The summed E-state index contributed by atoms with van der Waals surface area (Å²) in [4.78, 5) is 18.4. The maximum atomic E-state index is 12.0. The quantitative estimate of drug-likeness (QED) is 0.547. The molecule has 1 aromatic rings. The van der Waals surface area contributed by atoms with Gasteiger partial charge in [-0.1, -0.05) is 6.42 Å². The molecule has 0 spiro atoms. The molecule has 6 nitrogen and oxygen atoms in total. The Hall–Kier alpha value is -1.66. The molecule has 0 radical (unpaired) electrons. The van der Waals surface area contributed by atoms with E-state index in [1.807, 2.05) is 0 Å². The molecule has 0 aromatic carbocycles. The summed E-state index contributed by atoms with van der Waals surface area (Å²) in [6, 6.07) is 3.78. The minimum absolute atomic E-state index is 0.156. The van der Waals surface area contributed by atoms with E-state index in [0.717, 1.165) is 13.0 Å². The summed E-state index contributed by atoms with van der Waals surface area (Å²) >= 11 is 0. The van der Waals surface area contributed by atoms with Crippen LogP contribution in [0.15, 0.2) is 18.3 Å². The Labute approximate surface area is 113 Å². The number of nitrogens with zero attached hydrogens (tertiary/aromatic N) is 2. The molecule has 1 unspecified atom stereocenters. The first-order valence-corrected chi connectivity index (χ1v) is 6.62. The summed E-state index contributed by atoms with van der Waals surface area (Å²) in [6.45, 7) is 1.77. The lowest BCUT2D eigenvalue weighted by Crippen LogP contribution is -2.44. The van der Waals surface area contributed by atoms with Crippen molar-refractivity contribution in [2.45, 2.75) is 25.3 Å². The fourth-order valence-corrected chi connectivity index (χ4v) is 2.35. The molecule has 0 saturated carbocycles. The number of piperidine rings is 1. The molecule has 104 valence electrons. The van der Waals surface area contributed by atoms with Crippen molar-refractivity contribution in [3.63, 3.8) is 0 Å². The molecule has 1 amide bonds. The van der Waals surface area contributed by atoms with E-state index in [1.165, 1.54) is 12.8 Å². The van der Waals surface area contributed by atoms with Crippen LogP contribution in [-0.4, -0.2) is 42.0 Å². The predicted molar refractivity (Wildman–Crippen MR) is 74.6 cm³/mol. The van der Waals surface area contributed by atoms with E-state index in [2.05, 4.69) is 27.7 Å². The molecule has 1 saturated heterocycles. The first-order valence-electron chi connectivity index (χ1n) is 6.62. The SMILES string of the molecule is CN1CCCCC1CNC(=O)c1cc(NN)ccn1. The maximum Gasteiger partial charge on any atom is 0.270 e. The van der Waals surface area contributed by atoms with Crippen LogP contribution in [0.25, 0.3) is 0 Å². The van der Waals surface area contributed by atoms with E-state index < -0.39 is 0 Å². The summed E-state index contributed by atoms with van der Waals surface area (Å²) in [6.07, 6.45) is 5.17. The highest BCUT2D eigenvalue weighted by Crippen LogP contribution is 2.14. The van der Waals surface area contributed by atoms with Gasteiger partial charge in [0, 0.05) is 18.8 Å². The lowest BCUT2D eigenvalue weighted by molar-refractivity contribution is 0.0923. The Kier molecular flexibility index (Phi) is 4.70. The van der Waals surface area contributed by atoms with Crippen molar-refractivity contribution < 1.29 is 4.79 Å². The number of nitrogens with two attached hydrogens (primary N) is 1. The minimum Gasteiger partial charge on any atom is -0.349 e. The van der Waals surface area contributed by atoms with Crippen molar-refractivity contribution in [3.05, 3.63) is 24.0 Å². The molecule has 0 bridgehead atoms. The Morgan fingerprint density at radius 3 is 3.16 bits per heavy atom. The topological polar surface area (TPSA) is 83.3 Å². The second-order valence-corrected chi connectivity index (χ2v) is 4.91. The first-order chi connectivity index (χ1) is 9.20. The van der Waals surface area contributed by atoms with Crippen molar-refractivity contribution >= 4 is 11.6 Å². The zero-order chi connectivity index (χ0) is 13.7. The number of pyridine rings is 1. The van der Waals surface area contributed by atoms with Crippen LogP contribution in [0.4, 0.5) is 5.69 Å². The second kappa shape index (κ2) is 6.49. The minimum atomic E-state index is -0.156. The molecule has 1 aliphatic rings. The van der Waals surface area contributed by atoms with Crippen LogP contribution in [0.1, 0.15) is 29.8 Å². The molecular weight excluding hydrogens is 242 g/mol. The molecule has 1 aromatic heterocycles. The van der Waals surface area contributed by atoms with Crippen LogP contribution >= 0.6 is 0 Å². The predicted octanol–water partition coefficient (Wildman–Crippen LogP) is 0.581. The standard InChI is InChI=1S/C13H21N5O/c1-18-7-3-2-4-11(18)9-16-13(19)12-8-10(17-14)5-6-15-12/h5-6,8,11H,2-4,7,9,14H2,1H3,(H,15,17)(H,16,19). The zero-order valence-electron chi connectivity index (χ0n) is 11.2. The van der Waals surface area contributed by atoms with Gasteiger partial charge in [-0.25, -0.2) is 0 Å². The number of aromatic nitrogens is 1. The smallest absolute Gasteiger partial charge is 0.270 e. The van der Waals surface area contributed by atoms with Crippen molar-refractivity contribution in [1.82, 2.24) is 15.2 Å². The van der Waals surface area contributed by atoms with Crippen LogP contribution in [0, 0.1) is 0 Å². The highest BCUT2D eigenvalue weighted by Gasteiger charge is 2.19. The molecule has 19 heavy (non-hydrogen) atoms. The van der Waals surface area contributed by atoms with Gasteiger partial charge in [0.25, 0.3) is 5.91 Å². The van der Waals surface area contributed by atoms with E-state index in [1.54, 1.807) is 18.3 Å². The first kappa shape index (κ1) is 13.8. The van der Waals surface area contributed by atoms with Crippen molar-refractivity contribution in [3.8, 4) is 0 Å². The van der Waals surface area contributed by atoms with Crippen molar-refractivity contribution in [2.75, 3.05) is 25.6 Å². The molecule has 4 N–H and O–H groups in total. The van der Waals surface area contributed by atoms with Crippen LogP contribution in [-0.2, 0) is 0 Å². The fourth-order valence-electron chi connectivity index (χ4n) is 2.35. The Morgan fingerprint density at radius 1 is 1.58 bits per heavy atom. The van der Waals surface area contributed by atoms with E-state index in [0.29, 0.717) is 24.0 Å². The average Bonchev–Trinajstić information content (AvgIpc) is 2.46. The third kappa shape index (κ3) is 3.65. The van der Waals surface area contributed by atoms with Gasteiger partial charge < -0.3 is 15.6 Å². The lowest BCUT2D eigenvalue weighted by atomic mass is 10.0. The number of amides is 1. The summed E-state index contributed by atoms with van der Waals surface area (Å²) in [5, 5.41) is 2.94. The number of anilines is 1. The number of likely N-dealkylation sites (tertiary alicyclic amines) is 1. The molecule has 1 fully saturated rings. The van der Waals surface area contributed by atoms with Gasteiger partial charge >= 0.3 is 0 Å². The number of carbonyl (C=O) groups excluding carboxylic acids is 1. The summed E-state index contributed by atoms with van der Waals surface area (Å²) in [5.74, 6) is 5.16.